The van der Waals surface area contributed by atoms with E-state index >= 15 is 0 Å². The second-order valence-corrected chi connectivity index (χ2v) is 6.18. The van der Waals surface area contributed by atoms with Crippen LogP contribution in [-0.4, -0.2) is 10.7 Å². The molecule has 0 atom stereocenters. The number of nitrogens with zero attached hydrogens (tertiary/aromatic N) is 2. The number of aromatic nitrogens is 1. The molecule has 1 heterocycles. The minimum Gasteiger partial charge on any atom is -0.358 e. The largest absolute Gasteiger partial charge is 0.358 e. The summed E-state index contributed by atoms with van der Waals surface area (Å²) in [5.74, 6) is 0.842. The van der Waals surface area contributed by atoms with Crippen LogP contribution in [0.2, 0.25) is 0 Å². The molecule has 0 fully saturated rings. The van der Waals surface area contributed by atoms with Gasteiger partial charge in [0.2, 0.25) is 0 Å². The first-order valence-electron chi connectivity index (χ1n) is 7.60. The van der Waals surface area contributed by atoms with Crippen LogP contribution in [0.4, 0.5) is 0 Å². The molecule has 112 valence electrons. The van der Waals surface area contributed by atoms with Crippen LogP contribution in [0.1, 0.15) is 57.0 Å². The Morgan fingerprint density at radius 3 is 2.38 bits per heavy atom. The molecule has 0 radical (unpaired) electrons. The van der Waals surface area contributed by atoms with Crippen molar-refractivity contribution in [2.75, 3.05) is 5.75 Å². The van der Waals surface area contributed by atoms with E-state index in [1.165, 1.54) is 11.3 Å². The standard InChI is InChI=1S/C17H23N3S/c1-4-7-9-15-13(8-5-2)10-16(20-15)17(21-6-3)14(11-18)12-19/h10,20H,4-9H2,1-3H3. The third kappa shape index (κ3) is 4.69. The maximum atomic E-state index is 9.15. The third-order valence-electron chi connectivity index (χ3n) is 3.28. The predicted molar refractivity (Wildman–Crippen MR) is 89.7 cm³/mol. The Morgan fingerprint density at radius 2 is 1.86 bits per heavy atom. The van der Waals surface area contributed by atoms with E-state index in [0.29, 0.717) is 0 Å². The lowest BCUT2D eigenvalue weighted by Crippen LogP contribution is -1.92. The molecule has 0 aliphatic carbocycles. The van der Waals surface area contributed by atoms with Crippen molar-refractivity contribution in [1.82, 2.24) is 4.98 Å². The summed E-state index contributed by atoms with van der Waals surface area (Å²) in [5, 5.41) is 18.3. The molecule has 0 spiro atoms. The summed E-state index contributed by atoms with van der Waals surface area (Å²) in [6.45, 7) is 6.39. The number of rotatable bonds is 8. The number of unbranched alkanes of at least 4 members (excludes halogenated alkanes) is 1. The zero-order valence-corrected chi connectivity index (χ0v) is 13.9. The molecule has 21 heavy (non-hydrogen) atoms. The molecule has 1 rings (SSSR count). The van der Waals surface area contributed by atoms with Crippen molar-refractivity contribution in [3.63, 3.8) is 0 Å². The lowest BCUT2D eigenvalue weighted by atomic mass is 10.1. The van der Waals surface area contributed by atoms with Crippen LogP contribution in [0.5, 0.6) is 0 Å². The zero-order valence-electron chi connectivity index (χ0n) is 13.1. The second kappa shape index (κ2) is 9.32. The van der Waals surface area contributed by atoms with Crippen molar-refractivity contribution < 1.29 is 0 Å². The van der Waals surface area contributed by atoms with Crippen LogP contribution < -0.4 is 0 Å². The summed E-state index contributed by atoms with van der Waals surface area (Å²) in [6.07, 6.45) is 5.48. The smallest absolute Gasteiger partial charge is 0.145 e. The maximum absolute atomic E-state index is 9.15. The summed E-state index contributed by atoms with van der Waals surface area (Å²) < 4.78 is 0. The number of allylic oxidation sites excluding steroid dienone is 1. The quantitative estimate of drug-likeness (QED) is 0.700. The maximum Gasteiger partial charge on any atom is 0.145 e. The Kier molecular flexibility index (Phi) is 7.72. The van der Waals surface area contributed by atoms with E-state index in [4.69, 9.17) is 10.5 Å². The Hall–Kier alpha value is -1.65. The van der Waals surface area contributed by atoms with Crippen LogP contribution in [0.15, 0.2) is 11.6 Å². The first-order chi connectivity index (χ1) is 10.2. The van der Waals surface area contributed by atoms with Crippen molar-refractivity contribution in [3.05, 3.63) is 28.6 Å². The van der Waals surface area contributed by atoms with Gasteiger partial charge in [-0.05, 0) is 36.6 Å². The van der Waals surface area contributed by atoms with E-state index in [2.05, 4.69) is 24.9 Å². The molecule has 0 saturated carbocycles. The van der Waals surface area contributed by atoms with Crippen molar-refractivity contribution in [1.29, 1.82) is 10.5 Å². The number of hydrogen-bond acceptors (Lipinski definition) is 3. The van der Waals surface area contributed by atoms with Gasteiger partial charge in [-0.15, -0.1) is 11.8 Å². The monoisotopic (exact) mass is 301 g/mol. The number of aromatic amines is 1. The van der Waals surface area contributed by atoms with Crippen molar-refractivity contribution in [2.45, 2.75) is 52.9 Å². The molecule has 3 nitrogen and oxygen atoms in total. The second-order valence-electron chi connectivity index (χ2n) is 4.90. The Balaban J connectivity index is 3.24. The third-order valence-corrected chi connectivity index (χ3v) is 4.28. The molecule has 0 aliphatic rings. The lowest BCUT2D eigenvalue weighted by molar-refractivity contribution is 0.767. The van der Waals surface area contributed by atoms with Gasteiger partial charge in [-0.1, -0.05) is 33.6 Å². The highest BCUT2D eigenvalue weighted by Crippen LogP contribution is 2.32. The topological polar surface area (TPSA) is 63.4 Å². The molecule has 0 saturated heterocycles. The van der Waals surface area contributed by atoms with Crippen molar-refractivity contribution >= 4 is 16.7 Å². The van der Waals surface area contributed by atoms with Gasteiger partial charge >= 0.3 is 0 Å². The van der Waals surface area contributed by atoms with Crippen molar-refractivity contribution in [3.8, 4) is 12.1 Å². The van der Waals surface area contributed by atoms with Gasteiger partial charge in [0, 0.05) is 5.69 Å². The van der Waals surface area contributed by atoms with E-state index < -0.39 is 0 Å². The van der Waals surface area contributed by atoms with Crippen LogP contribution in [0.25, 0.3) is 4.91 Å². The molecular weight excluding hydrogens is 278 g/mol. The minimum absolute atomic E-state index is 0.202. The zero-order chi connectivity index (χ0) is 15.7. The molecule has 4 heteroatoms. The van der Waals surface area contributed by atoms with Gasteiger partial charge < -0.3 is 4.98 Å². The van der Waals surface area contributed by atoms with Gasteiger partial charge in [0.1, 0.15) is 17.7 Å². The highest BCUT2D eigenvalue weighted by Gasteiger charge is 2.14. The summed E-state index contributed by atoms with van der Waals surface area (Å²) in [5.41, 5.74) is 3.71. The first-order valence-corrected chi connectivity index (χ1v) is 8.58. The normalized spacial score (nSPS) is 9.95. The van der Waals surface area contributed by atoms with Crippen LogP contribution in [0.3, 0.4) is 0 Å². The fraction of sp³-hybridized carbons (Fsp3) is 0.529. The molecule has 0 bridgehead atoms. The number of thioether (sulfide) groups is 1. The predicted octanol–water partition coefficient (Wildman–Crippen LogP) is 4.82. The van der Waals surface area contributed by atoms with E-state index in [-0.39, 0.29) is 5.57 Å². The molecular formula is C17H23N3S. The Bertz CT molecular complexity index is 554. The lowest BCUT2D eigenvalue weighted by Gasteiger charge is -2.03. The highest BCUT2D eigenvalue weighted by atomic mass is 32.2. The van der Waals surface area contributed by atoms with Crippen LogP contribution in [-0.2, 0) is 12.8 Å². The van der Waals surface area contributed by atoms with Crippen LogP contribution >= 0.6 is 11.8 Å². The van der Waals surface area contributed by atoms with E-state index in [1.807, 2.05) is 19.1 Å². The van der Waals surface area contributed by atoms with Gasteiger partial charge in [-0.3, -0.25) is 0 Å². The molecule has 0 aromatic carbocycles. The summed E-state index contributed by atoms with van der Waals surface area (Å²) in [4.78, 5) is 4.23. The fourth-order valence-electron chi connectivity index (χ4n) is 2.29. The van der Waals surface area contributed by atoms with Gasteiger partial charge in [-0.25, -0.2) is 0 Å². The Labute approximate surface area is 132 Å². The number of nitriles is 2. The summed E-state index contributed by atoms with van der Waals surface area (Å²) >= 11 is 1.55. The summed E-state index contributed by atoms with van der Waals surface area (Å²) in [7, 11) is 0. The minimum atomic E-state index is 0.202. The van der Waals surface area contributed by atoms with E-state index in [0.717, 1.165) is 48.5 Å². The molecule has 1 aromatic heterocycles. The van der Waals surface area contributed by atoms with Gasteiger partial charge in [0.05, 0.1) is 10.6 Å². The summed E-state index contributed by atoms with van der Waals surface area (Å²) in [6, 6.07) is 6.16. The van der Waals surface area contributed by atoms with E-state index in [1.54, 1.807) is 11.8 Å². The molecule has 1 N–H and O–H groups in total. The number of nitrogens with one attached hydrogen (secondary N) is 1. The van der Waals surface area contributed by atoms with Gasteiger partial charge in [0.25, 0.3) is 0 Å². The number of H-pyrrole nitrogens is 1. The molecule has 0 unspecified atom stereocenters. The van der Waals surface area contributed by atoms with Crippen molar-refractivity contribution in [2.24, 2.45) is 0 Å². The molecule has 0 aliphatic heterocycles. The molecule has 0 amide bonds. The SMILES string of the molecule is CCCCc1[nH]c(C(SCC)=C(C#N)C#N)cc1CCC. The highest BCUT2D eigenvalue weighted by molar-refractivity contribution is 8.08. The van der Waals surface area contributed by atoms with Gasteiger partial charge in [0.15, 0.2) is 0 Å². The number of aryl methyl sites for hydroxylation is 2. The average molecular weight is 301 g/mol. The fourth-order valence-corrected chi connectivity index (χ4v) is 3.08. The molecule has 1 aromatic rings. The van der Waals surface area contributed by atoms with Crippen LogP contribution in [0, 0.1) is 22.7 Å². The van der Waals surface area contributed by atoms with Gasteiger partial charge in [-0.2, -0.15) is 10.5 Å². The van der Waals surface area contributed by atoms with E-state index in [9.17, 15) is 0 Å². The number of hydrogen-bond donors (Lipinski definition) is 1. The first kappa shape index (κ1) is 17.4. The Morgan fingerprint density at radius 1 is 1.14 bits per heavy atom. The average Bonchev–Trinajstić information content (AvgIpc) is 2.88.